The number of carboxylic acids is 1. The second kappa shape index (κ2) is 11.2. The predicted octanol–water partition coefficient (Wildman–Crippen LogP) is 2.27. The van der Waals surface area contributed by atoms with E-state index < -0.39 is 59.9 Å². The normalized spacial score (nSPS) is 16.9. The number of aromatic nitrogens is 2. The van der Waals surface area contributed by atoms with Gasteiger partial charge in [-0.3, -0.25) is 19.5 Å². The number of carbonyl (C=O) groups is 3. The van der Waals surface area contributed by atoms with Crippen LogP contribution in [0.4, 0.5) is 27.6 Å². The number of nitrogens with two attached hydrogens (primary N) is 1. The predicted molar refractivity (Wildman–Crippen MR) is 132 cm³/mol. The van der Waals surface area contributed by atoms with Crippen molar-refractivity contribution in [2.45, 2.75) is 30.7 Å². The van der Waals surface area contributed by atoms with Crippen LogP contribution in [0.3, 0.4) is 0 Å². The summed E-state index contributed by atoms with van der Waals surface area (Å²) in [5, 5.41) is 24.5. The zero-order chi connectivity index (χ0) is 29.2. The number of aliphatic carboxylic acids is 1. The lowest BCUT2D eigenvalue weighted by Crippen LogP contribution is -2.48. The minimum atomic E-state index is -5.11. The molecule has 212 valence electrons. The lowest BCUT2D eigenvalue weighted by atomic mass is 9.86. The summed E-state index contributed by atoms with van der Waals surface area (Å²) in [4.78, 5) is 41.2. The Bertz CT molecular complexity index is 1490. The van der Waals surface area contributed by atoms with Crippen LogP contribution < -0.4 is 21.7 Å². The molecular weight excluding hydrogens is 545 g/mol. The van der Waals surface area contributed by atoms with E-state index in [1.165, 1.54) is 18.3 Å². The summed E-state index contributed by atoms with van der Waals surface area (Å²) in [6.07, 6.45) is -5.74. The second-order valence-corrected chi connectivity index (χ2v) is 8.94. The molecule has 4 rings (SSSR count). The minimum Gasteiger partial charge on any atom is -0.481 e. The monoisotopic (exact) mass is 567 g/mol. The van der Waals surface area contributed by atoms with Crippen LogP contribution in [-0.2, 0) is 15.8 Å². The molecule has 3 aromatic rings. The molecule has 2 heterocycles. The molecule has 16 heteroatoms. The van der Waals surface area contributed by atoms with Gasteiger partial charge in [0.2, 0.25) is 5.91 Å². The topological polar surface area (TPSA) is 175 Å². The van der Waals surface area contributed by atoms with E-state index >= 15 is 0 Å². The van der Waals surface area contributed by atoms with Crippen molar-refractivity contribution in [2.24, 2.45) is 10.7 Å². The number of alkyl halides is 4. The van der Waals surface area contributed by atoms with Crippen molar-refractivity contribution in [1.82, 2.24) is 20.8 Å². The fourth-order valence-corrected chi connectivity index (χ4v) is 4.22. The van der Waals surface area contributed by atoms with Gasteiger partial charge >= 0.3 is 12.1 Å². The number of amides is 2. The number of fused-ring (bicyclic) bond motifs is 1. The molecule has 1 aliphatic heterocycles. The molecule has 2 unspecified atom stereocenters. The number of hydrogen-bond acceptors (Lipinski definition) is 7. The van der Waals surface area contributed by atoms with Gasteiger partial charge in [0.05, 0.1) is 42.5 Å². The summed E-state index contributed by atoms with van der Waals surface area (Å²) < 4.78 is 67.2. The number of guanidine groups is 1. The van der Waals surface area contributed by atoms with Gasteiger partial charge in [0, 0.05) is 16.9 Å². The summed E-state index contributed by atoms with van der Waals surface area (Å²) in [5.74, 6) is -6.63. The smallest absolute Gasteiger partial charge is 0.419 e. The van der Waals surface area contributed by atoms with Crippen molar-refractivity contribution in [2.75, 3.05) is 18.4 Å². The standard InChI is InChI=1S/C24H22F5N7O4/c25-12-7-31-23(32-8-12)34-17-4-11(5-18-14(17)9-33-36-18)22(40)35-20(21(30)39)13(6-19(37)38)10-1-2-16(26)15(3-10)24(27,28)29/h1-5,9,12-13,20H,6-8H2,(H2,30,39)(H,33,36)(H,35,40)(H,37,38)(H2,31,32,34)/t13-,20?/m0/s1. The Morgan fingerprint density at radius 2 is 1.95 bits per heavy atom. The minimum absolute atomic E-state index is 0.00519. The maximum Gasteiger partial charge on any atom is 0.419 e. The number of benzene rings is 2. The fourth-order valence-electron chi connectivity index (χ4n) is 4.22. The third-order valence-corrected chi connectivity index (χ3v) is 6.13. The van der Waals surface area contributed by atoms with E-state index in [2.05, 4.69) is 31.1 Å². The van der Waals surface area contributed by atoms with Gasteiger partial charge in [0.1, 0.15) is 18.0 Å². The van der Waals surface area contributed by atoms with E-state index in [-0.39, 0.29) is 30.2 Å². The van der Waals surface area contributed by atoms with E-state index in [1.807, 2.05) is 0 Å². The summed E-state index contributed by atoms with van der Waals surface area (Å²) in [7, 11) is 0. The molecule has 11 nitrogen and oxygen atoms in total. The maximum atomic E-state index is 13.9. The fraction of sp³-hybridized carbons (Fsp3) is 0.292. The highest BCUT2D eigenvalue weighted by molar-refractivity contribution is 6.07. The number of rotatable bonds is 8. The number of primary amides is 1. The third kappa shape index (κ3) is 6.27. The van der Waals surface area contributed by atoms with Crippen LogP contribution in [0.15, 0.2) is 41.5 Å². The molecule has 7 N–H and O–H groups in total. The average molecular weight is 567 g/mol. The van der Waals surface area contributed by atoms with E-state index in [9.17, 15) is 41.4 Å². The number of hydrogen-bond donors (Lipinski definition) is 6. The second-order valence-electron chi connectivity index (χ2n) is 8.94. The van der Waals surface area contributed by atoms with Gasteiger partial charge in [-0.15, -0.1) is 0 Å². The molecule has 1 aromatic heterocycles. The highest BCUT2D eigenvalue weighted by Gasteiger charge is 2.37. The van der Waals surface area contributed by atoms with Crippen LogP contribution in [0.5, 0.6) is 0 Å². The van der Waals surface area contributed by atoms with Gasteiger partial charge in [-0.25, -0.2) is 13.8 Å². The zero-order valence-electron chi connectivity index (χ0n) is 20.4. The van der Waals surface area contributed by atoms with Crippen LogP contribution in [-0.4, -0.2) is 64.4 Å². The Morgan fingerprint density at radius 1 is 1.20 bits per heavy atom. The number of halogens is 5. The largest absolute Gasteiger partial charge is 0.481 e. The number of aliphatic imine (C=N–C) groups is 1. The lowest BCUT2D eigenvalue weighted by Gasteiger charge is -2.26. The first-order chi connectivity index (χ1) is 18.8. The Balaban J connectivity index is 1.68. The van der Waals surface area contributed by atoms with Crippen molar-refractivity contribution in [1.29, 1.82) is 0 Å². The molecule has 0 aliphatic carbocycles. The highest BCUT2D eigenvalue weighted by Crippen LogP contribution is 2.35. The van der Waals surface area contributed by atoms with E-state index in [0.29, 0.717) is 28.7 Å². The van der Waals surface area contributed by atoms with Crippen LogP contribution in [0.25, 0.3) is 10.9 Å². The zero-order valence-corrected chi connectivity index (χ0v) is 20.4. The number of carbonyl (C=O) groups excluding carboxylic acids is 2. The van der Waals surface area contributed by atoms with Crippen LogP contribution in [0, 0.1) is 5.82 Å². The van der Waals surface area contributed by atoms with E-state index in [1.54, 1.807) is 0 Å². The molecular formula is C24H22F5N7O4. The van der Waals surface area contributed by atoms with Gasteiger partial charge in [-0.05, 0) is 29.8 Å². The number of aromatic amines is 1. The molecule has 0 saturated carbocycles. The first-order valence-corrected chi connectivity index (χ1v) is 11.7. The summed E-state index contributed by atoms with van der Waals surface area (Å²) in [6, 6.07) is 2.67. The molecule has 1 aliphatic rings. The first kappa shape index (κ1) is 28.3. The number of carboxylic acid groups (broad SMARTS) is 1. The first-order valence-electron chi connectivity index (χ1n) is 11.7. The van der Waals surface area contributed by atoms with Crippen molar-refractivity contribution < 1.29 is 41.4 Å². The third-order valence-electron chi connectivity index (χ3n) is 6.13. The van der Waals surface area contributed by atoms with Gasteiger partial charge in [-0.1, -0.05) is 6.07 Å². The van der Waals surface area contributed by atoms with Crippen LogP contribution in [0.2, 0.25) is 0 Å². The van der Waals surface area contributed by atoms with E-state index in [4.69, 9.17) is 5.73 Å². The number of nitrogens with zero attached hydrogens (tertiary/aromatic N) is 2. The molecule has 0 radical (unpaired) electrons. The molecule has 0 fully saturated rings. The highest BCUT2D eigenvalue weighted by atomic mass is 19.4. The Labute approximate surface area is 222 Å². The Hall–Kier alpha value is -4.76. The molecule has 0 saturated heterocycles. The Morgan fingerprint density at radius 3 is 2.58 bits per heavy atom. The summed E-state index contributed by atoms with van der Waals surface area (Å²) in [5.41, 5.74) is 3.99. The number of H-pyrrole nitrogens is 1. The van der Waals surface area contributed by atoms with E-state index in [0.717, 1.165) is 6.07 Å². The van der Waals surface area contributed by atoms with Crippen LogP contribution >= 0.6 is 0 Å². The Kier molecular flexibility index (Phi) is 7.88. The molecule has 0 bridgehead atoms. The molecule has 0 spiro atoms. The molecule has 2 amide bonds. The molecule has 3 atom stereocenters. The number of nitrogens with one attached hydrogen (secondary N) is 4. The van der Waals surface area contributed by atoms with Crippen LogP contribution in [0.1, 0.15) is 33.8 Å². The van der Waals surface area contributed by atoms with Crippen molar-refractivity contribution >= 4 is 40.3 Å². The number of anilines is 1. The quantitative estimate of drug-likeness (QED) is 0.226. The van der Waals surface area contributed by atoms with Crippen molar-refractivity contribution in [3.8, 4) is 0 Å². The lowest BCUT2D eigenvalue weighted by molar-refractivity contribution is -0.140. The van der Waals surface area contributed by atoms with Gasteiger partial charge in [0.15, 0.2) is 5.96 Å². The van der Waals surface area contributed by atoms with Gasteiger partial charge in [0.25, 0.3) is 5.91 Å². The van der Waals surface area contributed by atoms with Crippen molar-refractivity contribution in [3.05, 3.63) is 59.0 Å². The van der Waals surface area contributed by atoms with Gasteiger partial charge < -0.3 is 26.8 Å². The molecule has 2 aromatic carbocycles. The average Bonchev–Trinajstić information content (AvgIpc) is 3.36. The van der Waals surface area contributed by atoms with Gasteiger partial charge in [-0.2, -0.15) is 18.3 Å². The maximum absolute atomic E-state index is 13.9. The SMILES string of the molecule is NC(=O)C(NC(=O)c1cc(NC2=NCC(F)CN2)c2cn[nH]c2c1)[C@@H](CC(=O)O)c1ccc(F)c(C(F)(F)F)c1. The summed E-state index contributed by atoms with van der Waals surface area (Å²) in [6.45, 7) is -0.0834. The van der Waals surface area contributed by atoms with Crippen molar-refractivity contribution in [3.63, 3.8) is 0 Å². The summed E-state index contributed by atoms with van der Waals surface area (Å²) >= 11 is 0. The molecule has 40 heavy (non-hydrogen) atoms.